The van der Waals surface area contributed by atoms with Crippen LogP contribution in [0.25, 0.3) is 11.3 Å². The van der Waals surface area contributed by atoms with E-state index in [2.05, 4.69) is 38.3 Å². The molecule has 1 aromatic carbocycles. The van der Waals surface area contributed by atoms with Gasteiger partial charge < -0.3 is 15.0 Å². The number of nitrogens with zero attached hydrogens (tertiary/aromatic N) is 3. The standard InChI is InChI=1S/C25H25N5O/c1-2-4-22(15-25-28-17-24(30-25)20-5-3-12-27-16-20)29-21-6-8-23(9-7-21)31-18-19-10-13-26-14-11-19/h3-14,16-17,29H,2,15,18H2,1H3,(H,28,30)/b22-4+. The number of aromatic amines is 1. The number of hydrogen-bond acceptors (Lipinski definition) is 5. The number of benzene rings is 1. The first kappa shape index (κ1) is 20.3. The zero-order chi connectivity index (χ0) is 21.3. The third kappa shape index (κ3) is 5.79. The van der Waals surface area contributed by atoms with Crippen molar-refractivity contribution < 1.29 is 4.74 Å². The predicted molar refractivity (Wildman–Crippen MR) is 123 cm³/mol. The Bertz CT molecular complexity index is 1110. The van der Waals surface area contributed by atoms with Crippen molar-refractivity contribution >= 4 is 5.69 Å². The van der Waals surface area contributed by atoms with Crippen LogP contribution in [-0.2, 0) is 13.0 Å². The number of pyridine rings is 2. The lowest BCUT2D eigenvalue weighted by Gasteiger charge is -2.12. The van der Waals surface area contributed by atoms with Gasteiger partial charge in [0.25, 0.3) is 0 Å². The zero-order valence-corrected chi connectivity index (χ0v) is 17.5. The van der Waals surface area contributed by atoms with Gasteiger partial charge in [-0.15, -0.1) is 0 Å². The number of hydrogen-bond donors (Lipinski definition) is 2. The molecule has 0 radical (unpaired) electrons. The summed E-state index contributed by atoms with van der Waals surface area (Å²) in [4.78, 5) is 16.1. The number of ether oxygens (including phenoxy) is 1. The quantitative estimate of drug-likeness (QED) is 0.386. The Kier molecular flexibility index (Phi) is 6.70. The zero-order valence-electron chi connectivity index (χ0n) is 17.5. The van der Waals surface area contributed by atoms with E-state index in [4.69, 9.17) is 4.74 Å². The molecule has 156 valence electrons. The topological polar surface area (TPSA) is 75.7 Å². The maximum absolute atomic E-state index is 5.85. The van der Waals surface area contributed by atoms with Crippen LogP contribution in [0, 0.1) is 0 Å². The van der Waals surface area contributed by atoms with Gasteiger partial charge in [0.1, 0.15) is 18.2 Å². The minimum absolute atomic E-state index is 0.522. The molecular weight excluding hydrogens is 386 g/mol. The minimum atomic E-state index is 0.522. The minimum Gasteiger partial charge on any atom is -0.489 e. The largest absolute Gasteiger partial charge is 0.489 e. The number of imidazole rings is 1. The van der Waals surface area contributed by atoms with Crippen LogP contribution in [0.2, 0.25) is 0 Å². The molecule has 3 aromatic heterocycles. The van der Waals surface area contributed by atoms with Crippen molar-refractivity contribution in [1.82, 2.24) is 19.9 Å². The smallest absolute Gasteiger partial charge is 0.119 e. The summed E-state index contributed by atoms with van der Waals surface area (Å²) < 4.78 is 5.85. The summed E-state index contributed by atoms with van der Waals surface area (Å²) in [6.45, 7) is 2.65. The third-order valence-corrected chi connectivity index (χ3v) is 4.72. The Morgan fingerprint density at radius 2 is 1.84 bits per heavy atom. The summed E-state index contributed by atoms with van der Waals surface area (Å²) in [5.74, 6) is 1.74. The molecule has 0 aliphatic heterocycles. The highest BCUT2D eigenvalue weighted by Crippen LogP contribution is 2.20. The summed E-state index contributed by atoms with van der Waals surface area (Å²) in [5, 5.41) is 3.50. The Hall–Kier alpha value is -3.93. The Balaban J connectivity index is 1.37. The van der Waals surface area contributed by atoms with Crippen LogP contribution in [0.5, 0.6) is 5.75 Å². The van der Waals surface area contributed by atoms with Crippen LogP contribution in [0.4, 0.5) is 5.69 Å². The Morgan fingerprint density at radius 1 is 1.00 bits per heavy atom. The maximum Gasteiger partial charge on any atom is 0.119 e. The number of anilines is 1. The number of aromatic nitrogens is 4. The fraction of sp³-hybridized carbons (Fsp3) is 0.160. The lowest BCUT2D eigenvalue weighted by molar-refractivity contribution is 0.306. The molecule has 0 saturated heterocycles. The van der Waals surface area contributed by atoms with Gasteiger partial charge in [-0.05, 0) is 60.5 Å². The lowest BCUT2D eigenvalue weighted by atomic mass is 10.2. The number of rotatable bonds is 9. The van der Waals surface area contributed by atoms with Crippen molar-refractivity contribution in [3.05, 3.63) is 103 Å². The van der Waals surface area contributed by atoms with Crippen LogP contribution in [0.15, 0.2) is 91.3 Å². The van der Waals surface area contributed by atoms with Crippen molar-refractivity contribution in [1.29, 1.82) is 0 Å². The summed E-state index contributed by atoms with van der Waals surface area (Å²) in [5.41, 5.74) is 5.19. The Labute approximate surface area is 182 Å². The molecule has 4 rings (SSSR count). The van der Waals surface area contributed by atoms with Crippen LogP contribution < -0.4 is 10.1 Å². The average Bonchev–Trinajstić information content (AvgIpc) is 3.29. The second kappa shape index (κ2) is 10.2. The van der Waals surface area contributed by atoms with Gasteiger partial charge in [0.15, 0.2) is 0 Å². The van der Waals surface area contributed by atoms with Crippen molar-refractivity contribution in [2.75, 3.05) is 5.32 Å². The second-order valence-corrected chi connectivity index (χ2v) is 7.09. The van der Waals surface area contributed by atoms with Gasteiger partial charge in [-0.2, -0.15) is 0 Å². The van der Waals surface area contributed by atoms with Crippen LogP contribution >= 0.6 is 0 Å². The van der Waals surface area contributed by atoms with Gasteiger partial charge in [-0.3, -0.25) is 9.97 Å². The summed E-state index contributed by atoms with van der Waals surface area (Å²) in [6, 6.07) is 15.8. The fourth-order valence-electron chi connectivity index (χ4n) is 3.18. The highest BCUT2D eigenvalue weighted by molar-refractivity contribution is 5.57. The van der Waals surface area contributed by atoms with Gasteiger partial charge in [0.05, 0.1) is 11.9 Å². The molecule has 0 aliphatic carbocycles. The molecular formula is C25H25N5O. The van der Waals surface area contributed by atoms with Crippen molar-refractivity contribution in [3.8, 4) is 17.0 Å². The molecule has 0 spiro atoms. The van der Waals surface area contributed by atoms with E-state index < -0.39 is 0 Å². The Morgan fingerprint density at radius 3 is 2.58 bits per heavy atom. The summed E-state index contributed by atoms with van der Waals surface area (Å²) in [7, 11) is 0. The number of allylic oxidation sites excluding steroid dienone is 2. The van der Waals surface area contributed by atoms with Gasteiger partial charge in [0.2, 0.25) is 0 Å². The molecule has 0 amide bonds. The van der Waals surface area contributed by atoms with E-state index in [0.29, 0.717) is 13.0 Å². The maximum atomic E-state index is 5.85. The van der Waals surface area contributed by atoms with Crippen molar-refractivity contribution in [2.24, 2.45) is 0 Å². The molecule has 0 atom stereocenters. The van der Waals surface area contributed by atoms with Gasteiger partial charge in [0, 0.05) is 48.2 Å². The predicted octanol–water partition coefficient (Wildman–Crippen LogP) is 5.39. The number of nitrogens with one attached hydrogen (secondary N) is 2. The van der Waals surface area contributed by atoms with Gasteiger partial charge in [-0.1, -0.05) is 13.0 Å². The van der Waals surface area contributed by atoms with Crippen LogP contribution in [-0.4, -0.2) is 19.9 Å². The molecule has 2 N–H and O–H groups in total. The van der Waals surface area contributed by atoms with E-state index in [1.165, 1.54) is 0 Å². The third-order valence-electron chi connectivity index (χ3n) is 4.72. The number of H-pyrrole nitrogens is 1. The van der Waals surface area contributed by atoms with E-state index in [1.54, 1.807) is 18.6 Å². The first-order valence-electron chi connectivity index (χ1n) is 10.3. The van der Waals surface area contributed by atoms with E-state index in [-0.39, 0.29) is 0 Å². The van der Waals surface area contributed by atoms with Crippen LogP contribution in [0.3, 0.4) is 0 Å². The van der Waals surface area contributed by atoms with Crippen molar-refractivity contribution in [3.63, 3.8) is 0 Å². The normalized spacial score (nSPS) is 11.3. The second-order valence-electron chi connectivity index (χ2n) is 7.09. The fourth-order valence-corrected chi connectivity index (χ4v) is 3.18. The summed E-state index contributed by atoms with van der Waals surface area (Å²) >= 11 is 0. The first-order valence-corrected chi connectivity index (χ1v) is 10.3. The molecule has 4 aromatic rings. The molecule has 3 heterocycles. The van der Waals surface area contributed by atoms with E-state index in [1.807, 2.05) is 60.9 Å². The molecule has 6 heteroatoms. The highest BCUT2D eigenvalue weighted by atomic mass is 16.5. The van der Waals surface area contributed by atoms with Crippen LogP contribution in [0.1, 0.15) is 24.7 Å². The molecule has 0 saturated carbocycles. The van der Waals surface area contributed by atoms with Crippen molar-refractivity contribution in [2.45, 2.75) is 26.4 Å². The highest BCUT2D eigenvalue weighted by Gasteiger charge is 2.07. The molecule has 0 unspecified atom stereocenters. The lowest BCUT2D eigenvalue weighted by Crippen LogP contribution is -2.04. The monoisotopic (exact) mass is 411 g/mol. The van der Waals surface area contributed by atoms with Gasteiger partial charge in [-0.25, -0.2) is 4.98 Å². The molecule has 0 bridgehead atoms. The first-order chi connectivity index (χ1) is 15.3. The molecule has 31 heavy (non-hydrogen) atoms. The molecule has 0 fully saturated rings. The van der Waals surface area contributed by atoms with Gasteiger partial charge >= 0.3 is 0 Å². The van der Waals surface area contributed by atoms with E-state index in [9.17, 15) is 0 Å². The van der Waals surface area contributed by atoms with E-state index >= 15 is 0 Å². The van der Waals surface area contributed by atoms with E-state index in [0.717, 1.165) is 46.2 Å². The summed E-state index contributed by atoms with van der Waals surface area (Å²) in [6.07, 6.45) is 12.8. The molecule has 6 nitrogen and oxygen atoms in total. The SMILES string of the molecule is CC/C=C(\Cc1ncc(-c2cccnc2)[nH]1)Nc1ccc(OCc2ccncc2)cc1. The molecule has 0 aliphatic rings. The average molecular weight is 412 g/mol.